The Morgan fingerprint density at radius 3 is 2.53 bits per heavy atom. The number of nitro groups is 1. The number of para-hydroxylation sites is 2. The van der Waals surface area contributed by atoms with Crippen molar-refractivity contribution >= 4 is 51.7 Å². The van der Waals surface area contributed by atoms with Crippen LogP contribution in [0, 0.1) is 10.1 Å². The molecule has 4 aromatic rings. The van der Waals surface area contributed by atoms with Gasteiger partial charge in [-0.1, -0.05) is 47.6 Å². The third-order valence-electron chi connectivity index (χ3n) is 5.05. The Bertz CT molecular complexity index is 1370. The Hall–Kier alpha value is -3.69. The normalized spacial score (nSPS) is 11.5. The number of nitrogens with one attached hydrogen (secondary N) is 1. The van der Waals surface area contributed by atoms with Gasteiger partial charge in [-0.2, -0.15) is 5.10 Å². The van der Waals surface area contributed by atoms with Crippen molar-refractivity contribution in [3.63, 3.8) is 0 Å². The van der Waals surface area contributed by atoms with E-state index >= 15 is 0 Å². The molecule has 0 atom stereocenters. The second kappa shape index (κ2) is 10.5. The van der Waals surface area contributed by atoms with Crippen molar-refractivity contribution in [2.75, 3.05) is 5.75 Å². The zero-order chi connectivity index (χ0) is 24.1. The smallest absolute Gasteiger partial charge is 0.269 e. The van der Waals surface area contributed by atoms with Crippen molar-refractivity contribution in [1.82, 2.24) is 15.0 Å². The first-order valence-electron chi connectivity index (χ1n) is 10.3. The van der Waals surface area contributed by atoms with Gasteiger partial charge in [0.25, 0.3) is 11.6 Å². The largest absolute Gasteiger partial charge is 0.314 e. The van der Waals surface area contributed by atoms with Crippen LogP contribution in [0.15, 0.2) is 83.1 Å². The Kier molecular flexibility index (Phi) is 7.24. The van der Waals surface area contributed by atoms with Gasteiger partial charge in [0, 0.05) is 17.2 Å². The molecule has 0 aliphatic rings. The van der Waals surface area contributed by atoms with Gasteiger partial charge in [0.15, 0.2) is 5.16 Å². The van der Waals surface area contributed by atoms with Crippen LogP contribution in [0.3, 0.4) is 0 Å². The molecule has 0 radical (unpaired) electrons. The van der Waals surface area contributed by atoms with E-state index in [0.29, 0.717) is 22.8 Å². The SMILES string of the molecule is C/C(=N\NC(=O)CSc1nc2ccccc2n1Cc1ccc(Cl)cc1)c1ccc([N+](=O)[O-])cc1. The molecule has 172 valence electrons. The molecule has 0 aliphatic carbocycles. The lowest BCUT2D eigenvalue weighted by Crippen LogP contribution is -2.21. The monoisotopic (exact) mass is 493 g/mol. The molecule has 1 heterocycles. The predicted octanol–water partition coefficient (Wildman–Crippen LogP) is 5.28. The van der Waals surface area contributed by atoms with Gasteiger partial charge in [-0.25, -0.2) is 10.4 Å². The number of non-ortho nitro benzene ring substituents is 1. The topological polar surface area (TPSA) is 102 Å². The first-order chi connectivity index (χ1) is 16.4. The number of halogens is 1. The number of hydrogen-bond donors (Lipinski definition) is 1. The Balaban J connectivity index is 1.44. The molecular formula is C24H20ClN5O3S. The zero-order valence-electron chi connectivity index (χ0n) is 18.1. The van der Waals surface area contributed by atoms with Crippen molar-refractivity contribution in [1.29, 1.82) is 0 Å². The van der Waals surface area contributed by atoms with Crippen LogP contribution in [0.1, 0.15) is 18.1 Å². The molecular weight excluding hydrogens is 474 g/mol. The second-order valence-electron chi connectivity index (χ2n) is 7.42. The van der Waals surface area contributed by atoms with Crippen molar-refractivity contribution in [3.8, 4) is 0 Å². The van der Waals surface area contributed by atoms with E-state index in [-0.39, 0.29) is 17.3 Å². The molecule has 3 aromatic carbocycles. The lowest BCUT2D eigenvalue weighted by Gasteiger charge is -2.09. The van der Waals surface area contributed by atoms with Crippen molar-refractivity contribution in [2.45, 2.75) is 18.6 Å². The number of imidazole rings is 1. The number of thioether (sulfide) groups is 1. The van der Waals surface area contributed by atoms with Gasteiger partial charge in [-0.15, -0.1) is 0 Å². The highest BCUT2D eigenvalue weighted by atomic mass is 35.5. The molecule has 0 saturated heterocycles. The van der Waals surface area contributed by atoms with Crippen LogP contribution >= 0.6 is 23.4 Å². The summed E-state index contributed by atoms with van der Waals surface area (Å²) < 4.78 is 2.07. The second-order valence-corrected chi connectivity index (χ2v) is 8.80. The number of rotatable bonds is 8. The maximum absolute atomic E-state index is 12.4. The van der Waals surface area contributed by atoms with Gasteiger partial charge in [-0.3, -0.25) is 14.9 Å². The Morgan fingerprint density at radius 1 is 1.12 bits per heavy atom. The number of amides is 1. The van der Waals surface area contributed by atoms with E-state index < -0.39 is 4.92 Å². The highest BCUT2D eigenvalue weighted by Crippen LogP contribution is 2.25. The van der Waals surface area contributed by atoms with Crippen LogP contribution in [0.25, 0.3) is 11.0 Å². The summed E-state index contributed by atoms with van der Waals surface area (Å²) in [4.78, 5) is 27.5. The van der Waals surface area contributed by atoms with Gasteiger partial charge in [0.1, 0.15) is 0 Å². The predicted molar refractivity (Wildman–Crippen MR) is 134 cm³/mol. The number of aromatic nitrogens is 2. The zero-order valence-corrected chi connectivity index (χ0v) is 19.7. The van der Waals surface area contributed by atoms with Gasteiger partial charge in [0.05, 0.1) is 34.0 Å². The first-order valence-corrected chi connectivity index (χ1v) is 11.7. The van der Waals surface area contributed by atoms with E-state index in [1.807, 2.05) is 48.5 Å². The number of nitro benzene ring substituents is 1. The molecule has 1 aromatic heterocycles. The maximum atomic E-state index is 12.4. The number of nitrogens with zero attached hydrogens (tertiary/aromatic N) is 4. The van der Waals surface area contributed by atoms with E-state index in [4.69, 9.17) is 16.6 Å². The van der Waals surface area contributed by atoms with Crippen LogP contribution in [0.2, 0.25) is 5.02 Å². The molecule has 0 aliphatic heterocycles. The number of benzene rings is 3. The number of carbonyl (C=O) groups excluding carboxylic acids is 1. The summed E-state index contributed by atoms with van der Waals surface area (Å²) in [5.41, 5.74) is 6.67. The van der Waals surface area contributed by atoms with Crippen LogP contribution in [-0.2, 0) is 11.3 Å². The highest BCUT2D eigenvalue weighted by molar-refractivity contribution is 7.99. The lowest BCUT2D eigenvalue weighted by molar-refractivity contribution is -0.384. The molecule has 0 bridgehead atoms. The Labute approximate surface area is 204 Å². The minimum atomic E-state index is -0.463. The molecule has 1 amide bonds. The van der Waals surface area contributed by atoms with E-state index in [0.717, 1.165) is 21.8 Å². The molecule has 0 spiro atoms. The van der Waals surface area contributed by atoms with Gasteiger partial charge in [0.2, 0.25) is 0 Å². The average Bonchev–Trinajstić information content (AvgIpc) is 3.20. The molecule has 8 nitrogen and oxygen atoms in total. The van der Waals surface area contributed by atoms with Crippen LogP contribution < -0.4 is 5.43 Å². The molecule has 0 saturated carbocycles. The highest BCUT2D eigenvalue weighted by Gasteiger charge is 2.14. The van der Waals surface area contributed by atoms with E-state index in [2.05, 4.69) is 15.1 Å². The quantitative estimate of drug-likeness (QED) is 0.156. The molecule has 0 unspecified atom stereocenters. The van der Waals surface area contributed by atoms with E-state index in [1.54, 1.807) is 19.1 Å². The summed E-state index contributed by atoms with van der Waals surface area (Å²) in [6, 6.07) is 21.4. The summed E-state index contributed by atoms with van der Waals surface area (Å²) in [5, 5.41) is 16.3. The fraction of sp³-hybridized carbons (Fsp3) is 0.125. The fourth-order valence-electron chi connectivity index (χ4n) is 3.29. The molecule has 1 N–H and O–H groups in total. The summed E-state index contributed by atoms with van der Waals surface area (Å²) >= 11 is 7.34. The number of carbonyl (C=O) groups is 1. The van der Waals surface area contributed by atoms with Crippen molar-refractivity contribution in [3.05, 3.63) is 99.1 Å². The minimum Gasteiger partial charge on any atom is -0.314 e. The summed E-state index contributed by atoms with van der Waals surface area (Å²) in [6.07, 6.45) is 0. The van der Waals surface area contributed by atoms with Crippen molar-refractivity contribution in [2.24, 2.45) is 5.10 Å². The summed E-state index contributed by atoms with van der Waals surface area (Å²) in [5.74, 6) is -0.155. The van der Waals surface area contributed by atoms with Gasteiger partial charge in [-0.05, 0) is 54.4 Å². The van der Waals surface area contributed by atoms with Crippen LogP contribution in [0.5, 0.6) is 0 Å². The number of hydrogen-bond acceptors (Lipinski definition) is 6. The van der Waals surface area contributed by atoms with Gasteiger partial charge >= 0.3 is 0 Å². The standard InChI is InChI=1S/C24H20ClN5O3S/c1-16(18-8-12-20(13-9-18)30(32)33)27-28-23(31)15-34-24-26-21-4-2-3-5-22(21)29(24)14-17-6-10-19(25)11-7-17/h2-13H,14-15H2,1H3,(H,28,31)/b27-16+. The molecule has 10 heteroatoms. The third-order valence-corrected chi connectivity index (χ3v) is 6.28. The lowest BCUT2D eigenvalue weighted by atomic mass is 10.1. The molecule has 0 fully saturated rings. The molecule has 4 rings (SSSR count). The van der Waals surface area contributed by atoms with E-state index in [1.165, 1.54) is 23.9 Å². The average molecular weight is 494 g/mol. The van der Waals surface area contributed by atoms with Gasteiger partial charge < -0.3 is 4.57 Å². The minimum absolute atomic E-state index is 0.00141. The molecule has 34 heavy (non-hydrogen) atoms. The number of hydrazone groups is 1. The Morgan fingerprint density at radius 2 is 1.82 bits per heavy atom. The first kappa shape index (κ1) is 23.5. The fourth-order valence-corrected chi connectivity index (χ4v) is 4.22. The van der Waals surface area contributed by atoms with Crippen molar-refractivity contribution < 1.29 is 9.72 Å². The summed E-state index contributed by atoms with van der Waals surface area (Å²) in [6.45, 7) is 2.32. The summed E-state index contributed by atoms with van der Waals surface area (Å²) in [7, 11) is 0. The van der Waals surface area contributed by atoms with Crippen LogP contribution in [-0.4, -0.2) is 31.8 Å². The van der Waals surface area contributed by atoms with E-state index in [9.17, 15) is 14.9 Å². The number of fused-ring (bicyclic) bond motifs is 1. The van der Waals surface area contributed by atoms with Crippen LogP contribution in [0.4, 0.5) is 5.69 Å². The third kappa shape index (κ3) is 5.62. The maximum Gasteiger partial charge on any atom is 0.269 e.